The predicted molar refractivity (Wildman–Crippen MR) is 495 cm³/mol. The van der Waals surface area contributed by atoms with Crippen molar-refractivity contribution in [2.24, 2.45) is 46.6 Å². The number of rotatable bonds is 53. The SMILES string of the molecule is C=C(N)NCCC[C@H](NC(=O)C(CC)(CC)NC(=O)C(C)C)C(=O)N(C)C.C=C(N)NCCC[C@H](NC(=O)C(CC)(CC)NC(=O)C(C)C)C(=O)NC1CCCCC1.C=C(N)NCCC[C@H](NC(=O)C(CC)(CC)NC(=O)C(C)C)C(=O)N[C@@H](C)c1ccccc1.C=C(N)NCCC[C@H](NC(=O)C(CC)(CC)NC(=O)C(C)C)C(=O)N[C@H](C)c1ccccc1. The fourth-order valence-electron chi connectivity index (χ4n) is 13.3. The summed E-state index contributed by atoms with van der Waals surface area (Å²) in [6.45, 7) is 49.5. The maximum absolute atomic E-state index is 13.3. The minimum absolute atomic E-state index is 0.158. The van der Waals surface area contributed by atoms with Gasteiger partial charge in [0.05, 0.1) is 35.4 Å². The van der Waals surface area contributed by atoms with Gasteiger partial charge in [-0.2, -0.15) is 0 Å². The van der Waals surface area contributed by atoms with E-state index in [9.17, 15) is 57.5 Å². The summed E-state index contributed by atoms with van der Waals surface area (Å²) in [5, 5.41) is 44.0. The molecular formula is C92H162N20O12. The molecule has 1 fully saturated rings. The Labute approximate surface area is 741 Å². The van der Waals surface area contributed by atoms with Crippen molar-refractivity contribution in [1.82, 2.24) is 84.7 Å². The Morgan fingerprint density at radius 3 is 0.806 bits per heavy atom. The number of nitrogens with two attached hydrogens (primary N) is 4. The largest absolute Gasteiger partial charge is 0.386 e. The van der Waals surface area contributed by atoms with Gasteiger partial charge in [0.25, 0.3) is 0 Å². The molecule has 0 radical (unpaired) electrons. The first-order valence-electron chi connectivity index (χ1n) is 44.7. The van der Waals surface area contributed by atoms with Gasteiger partial charge >= 0.3 is 0 Å². The average Bonchev–Trinajstić information content (AvgIpc) is 0.834. The number of nitrogens with zero attached hydrogens (tertiary/aromatic N) is 1. The fourth-order valence-corrected chi connectivity index (χ4v) is 13.3. The summed E-state index contributed by atoms with van der Waals surface area (Å²) < 4.78 is 0. The Morgan fingerprint density at radius 1 is 0.347 bits per heavy atom. The van der Waals surface area contributed by atoms with Crippen LogP contribution < -0.4 is 103 Å². The molecule has 0 unspecified atom stereocenters. The number of hydrogen-bond acceptors (Lipinski definition) is 20. The number of benzene rings is 2. The molecule has 0 heterocycles. The van der Waals surface area contributed by atoms with E-state index in [0.29, 0.717) is 152 Å². The van der Waals surface area contributed by atoms with E-state index in [-0.39, 0.29) is 113 Å². The first-order chi connectivity index (χ1) is 58.3. The molecule has 0 aromatic heterocycles. The molecule has 0 bridgehead atoms. The third-order valence-corrected chi connectivity index (χ3v) is 22.4. The van der Waals surface area contributed by atoms with Crippen molar-refractivity contribution in [3.8, 4) is 0 Å². The lowest BCUT2D eigenvalue weighted by Crippen LogP contribution is -2.62. The molecule has 2 aromatic carbocycles. The van der Waals surface area contributed by atoms with Gasteiger partial charge in [0, 0.05) is 70.0 Å². The number of nitrogens with one attached hydrogen (secondary N) is 15. The van der Waals surface area contributed by atoms with Crippen molar-refractivity contribution in [3.05, 3.63) is 121 Å². The minimum Gasteiger partial charge on any atom is -0.386 e. The predicted octanol–water partition coefficient (Wildman–Crippen LogP) is 7.70. The summed E-state index contributed by atoms with van der Waals surface area (Å²) in [7, 11) is 3.30. The van der Waals surface area contributed by atoms with Crippen molar-refractivity contribution in [1.29, 1.82) is 0 Å². The number of amides is 12. The topological polar surface area (TPSA) is 493 Å². The Bertz CT molecular complexity index is 3510. The van der Waals surface area contributed by atoms with Gasteiger partial charge in [-0.3, -0.25) is 57.5 Å². The second kappa shape index (κ2) is 59.3. The first-order valence-corrected chi connectivity index (χ1v) is 44.7. The normalized spacial score (nSPS) is 13.5. The van der Waals surface area contributed by atoms with E-state index in [1.54, 1.807) is 69.5 Å². The molecule has 32 heteroatoms. The zero-order valence-electron chi connectivity index (χ0n) is 78.8. The van der Waals surface area contributed by atoms with Crippen molar-refractivity contribution in [2.45, 2.75) is 324 Å². The van der Waals surface area contributed by atoms with Crippen LogP contribution >= 0.6 is 0 Å². The molecule has 12 amide bonds. The summed E-state index contributed by atoms with van der Waals surface area (Å²) in [5.41, 5.74) is 19.8. The van der Waals surface area contributed by atoms with Crippen LogP contribution in [0.2, 0.25) is 0 Å². The van der Waals surface area contributed by atoms with Crippen LogP contribution in [-0.4, -0.2) is 168 Å². The number of likely N-dealkylation sites (N-methyl/N-ethyl adjacent to an activating group) is 1. The van der Waals surface area contributed by atoms with Gasteiger partial charge in [0.1, 0.15) is 46.3 Å². The van der Waals surface area contributed by atoms with Crippen LogP contribution in [0, 0.1) is 23.7 Å². The van der Waals surface area contributed by atoms with E-state index >= 15 is 0 Å². The third-order valence-electron chi connectivity index (χ3n) is 22.4. The van der Waals surface area contributed by atoms with Crippen LogP contribution in [0.3, 0.4) is 0 Å². The molecule has 1 aliphatic carbocycles. The molecule has 0 aliphatic heterocycles. The Kier molecular flexibility index (Phi) is 54.3. The zero-order chi connectivity index (χ0) is 94.7. The summed E-state index contributed by atoms with van der Waals surface area (Å²) in [6, 6.07) is 16.1. The van der Waals surface area contributed by atoms with Gasteiger partial charge in [0.2, 0.25) is 70.9 Å². The van der Waals surface area contributed by atoms with Crippen LogP contribution in [0.4, 0.5) is 0 Å². The highest BCUT2D eigenvalue weighted by Gasteiger charge is 2.44. The van der Waals surface area contributed by atoms with Crippen LogP contribution in [0.15, 0.2) is 110 Å². The molecule has 124 heavy (non-hydrogen) atoms. The van der Waals surface area contributed by atoms with Crippen LogP contribution in [0.1, 0.15) is 283 Å². The molecule has 32 nitrogen and oxygen atoms in total. The molecule has 0 saturated heterocycles. The maximum Gasteiger partial charge on any atom is 0.246 e. The summed E-state index contributed by atoms with van der Waals surface area (Å²) in [6.07, 6.45) is 13.0. The maximum atomic E-state index is 13.3. The molecule has 23 N–H and O–H groups in total. The highest BCUT2D eigenvalue weighted by atomic mass is 16.2. The van der Waals surface area contributed by atoms with Crippen LogP contribution in [0.5, 0.6) is 0 Å². The van der Waals surface area contributed by atoms with Gasteiger partial charge in [-0.1, -0.05) is 217 Å². The minimum atomic E-state index is -1.07. The summed E-state index contributed by atoms with van der Waals surface area (Å²) in [5.74, 6) is -2.54. The third kappa shape index (κ3) is 41.3. The Balaban J connectivity index is 0.00000163. The van der Waals surface area contributed by atoms with Crippen LogP contribution in [-0.2, 0) is 57.5 Å². The quantitative estimate of drug-likeness (QED) is 0.0282. The highest BCUT2D eigenvalue weighted by Crippen LogP contribution is 2.25. The lowest BCUT2D eigenvalue weighted by Gasteiger charge is -2.34. The monoisotopic (exact) mass is 1740 g/mol. The molecule has 6 atom stereocenters. The van der Waals surface area contributed by atoms with Gasteiger partial charge in [-0.15, -0.1) is 0 Å². The zero-order valence-corrected chi connectivity index (χ0v) is 78.8. The fraction of sp³-hybridized carbons (Fsp3) is 0.652. The van der Waals surface area contributed by atoms with E-state index < -0.39 is 46.3 Å². The van der Waals surface area contributed by atoms with Gasteiger partial charge < -0.3 is 108 Å². The number of carbonyl (C=O) groups excluding carboxylic acids is 12. The molecule has 2 aromatic rings. The van der Waals surface area contributed by atoms with Crippen molar-refractivity contribution >= 4 is 70.9 Å². The van der Waals surface area contributed by atoms with Gasteiger partial charge in [0.15, 0.2) is 0 Å². The molecule has 1 aliphatic rings. The molecule has 3 rings (SSSR count). The van der Waals surface area contributed by atoms with E-state index in [4.69, 9.17) is 22.9 Å². The smallest absolute Gasteiger partial charge is 0.246 e. The van der Waals surface area contributed by atoms with E-state index in [0.717, 1.165) is 36.8 Å². The van der Waals surface area contributed by atoms with Gasteiger partial charge in [-0.25, -0.2) is 0 Å². The molecule has 1 saturated carbocycles. The summed E-state index contributed by atoms with van der Waals surface area (Å²) in [4.78, 5) is 156. The summed E-state index contributed by atoms with van der Waals surface area (Å²) >= 11 is 0. The Morgan fingerprint density at radius 2 is 0.581 bits per heavy atom. The molecular weight excluding hydrogens is 1580 g/mol. The van der Waals surface area contributed by atoms with E-state index in [2.05, 4.69) is 106 Å². The molecule has 702 valence electrons. The van der Waals surface area contributed by atoms with Gasteiger partial charge in [-0.05, 0) is 141 Å². The lowest BCUT2D eigenvalue weighted by molar-refractivity contribution is -0.139. The molecule has 0 spiro atoms. The second-order valence-electron chi connectivity index (χ2n) is 33.6. The number of carbonyl (C=O) groups is 12. The van der Waals surface area contributed by atoms with Crippen molar-refractivity contribution in [2.75, 3.05) is 40.3 Å². The van der Waals surface area contributed by atoms with Crippen molar-refractivity contribution < 1.29 is 57.5 Å². The van der Waals surface area contributed by atoms with E-state index in [1.165, 1.54) is 11.3 Å². The number of hydrogen-bond donors (Lipinski definition) is 19. The lowest BCUT2D eigenvalue weighted by atomic mass is 9.90. The first kappa shape index (κ1) is 113. The Hall–Kier alpha value is -10.6. The van der Waals surface area contributed by atoms with Crippen molar-refractivity contribution in [3.63, 3.8) is 0 Å². The standard InChI is InChI=1S/2C25H41N5O3.C23H43N5O3.C19H37N5O3/c2*1-7-25(8-2,30-22(31)17(3)4)24(33)29-21(15-12-16-27-19(6)26)23(32)28-18(5)20-13-10-9-11-14-20;1-6-23(7-2,28-20(29)16(3)4)22(31)27-19(14-11-15-25-17(5)24)21(30)26-18-12-9-8-10-13-18;1-8-19(9-2,23-16(25)13(3)4)18(27)22-15(17(26)24(6)7)11-10-12-21-14(5)20/h2*9-11,13-14,17-18,21,27H,6-8,12,15-16,26H2,1-5H3,(H,28,32)(H,29,33)(H,30,31);16,18-19,25H,5-15,24H2,1-4H3,(H,26,30)(H,27,31)(H,28,29);13,15,21H,5,8-12,20H2,1-4,6-7H3,(H,22,27)(H,23,25)/t18-,21+;18-,21-;19-;15-/m1000/s1. The van der Waals surface area contributed by atoms with E-state index in [1.807, 2.05) is 130 Å². The van der Waals surface area contributed by atoms with Crippen LogP contribution in [0.25, 0.3) is 0 Å². The highest BCUT2D eigenvalue weighted by molar-refractivity contribution is 5.98. The second-order valence-corrected chi connectivity index (χ2v) is 33.6. The average molecular weight is 1740 g/mol.